The number of carbonyl (C=O) groups is 1. The average molecular weight is 280 g/mol. The van der Waals surface area contributed by atoms with Gasteiger partial charge in [0.2, 0.25) is 0 Å². The molecule has 3 nitrogen and oxygen atoms in total. The minimum atomic E-state index is -0.0367. The highest BCUT2D eigenvalue weighted by atomic mass is 35.5. The number of rotatable bonds is 11. The summed E-state index contributed by atoms with van der Waals surface area (Å²) in [5.41, 5.74) is 5.40. The van der Waals surface area contributed by atoms with Gasteiger partial charge in [-0.1, -0.05) is 33.1 Å². The molecule has 0 aromatic rings. The van der Waals surface area contributed by atoms with Crippen molar-refractivity contribution >= 4 is 18.4 Å². The monoisotopic (exact) mass is 279 g/mol. The van der Waals surface area contributed by atoms with Gasteiger partial charge in [0, 0.05) is 6.42 Å². The largest absolute Gasteiger partial charge is 0.462 e. The average Bonchev–Trinajstić information content (AvgIpc) is 2.33. The fourth-order valence-corrected chi connectivity index (χ4v) is 1.80. The van der Waals surface area contributed by atoms with Crippen LogP contribution in [0.15, 0.2) is 0 Å². The summed E-state index contributed by atoms with van der Waals surface area (Å²) in [6, 6.07) is 0. The minimum absolute atomic E-state index is 0. The number of hydrogen-bond acceptors (Lipinski definition) is 3. The molecule has 0 aromatic carbocycles. The second-order valence-corrected chi connectivity index (χ2v) is 4.62. The Morgan fingerprint density at radius 2 is 1.83 bits per heavy atom. The van der Waals surface area contributed by atoms with Crippen molar-refractivity contribution in [2.75, 3.05) is 6.54 Å². The molecule has 0 heterocycles. The van der Waals surface area contributed by atoms with Gasteiger partial charge in [0.25, 0.3) is 0 Å². The molecular formula is C14H30ClNO2. The lowest BCUT2D eigenvalue weighted by Crippen LogP contribution is -2.17. The standard InChI is InChI=1S/C14H29NO2.ClH/c1-3-5-7-10-13(4-2)17-14(16)11-8-6-9-12-15;/h13H,3-12,15H2,1-2H3;1H. The van der Waals surface area contributed by atoms with Gasteiger partial charge in [-0.05, 0) is 38.6 Å². The number of ether oxygens (including phenoxy) is 1. The molecule has 0 radical (unpaired) electrons. The molecule has 0 aromatic heterocycles. The van der Waals surface area contributed by atoms with Crippen molar-refractivity contribution in [3.8, 4) is 0 Å². The van der Waals surface area contributed by atoms with Crippen molar-refractivity contribution in [3.63, 3.8) is 0 Å². The van der Waals surface area contributed by atoms with E-state index in [1.54, 1.807) is 0 Å². The molecule has 110 valence electrons. The number of halogens is 1. The molecule has 4 heteroatoms. The van der Waals surface area contributed by atoms with Crippen molar-refractivity contribution in [2.24, 2.45) is 5.73 Å². The van der Waals surface area contributed by atoms with E-state index < -0.39 is 0 Å². The first-order chi connectivity index (χ1) is 8.24. The van der Waals surface area contributed by atoms with Gasteiger partial charge >= 0.3 is 5.97 Å². The molecule has 2 N–H and O–H groups in total. The smallest absolute Gasteiger partial charge is 0.306 e. The van der Waals surface area contributed by atoms with E-state index in [1.807, 2.05) is 0 Å². The first-order valence-electron chi connectivity index (χ1n) is 7.14. The van der Waals surface area contributed by atoms with Crippen molar-refractivity contribution in [2.45, 2.75) is 77.7 Å². The van der Waals surface area contributed by atoms with Crippen LogP contribution in [0.3, 0.4) is 0 Å². The number of esters is 1. The summed E-state index contributed by atoms with van der Waals surface area (Å²) in [5.74, 6) is -0.0367. The van der Waals surface area contributed by atoms with E-state index in [1.165, 1.54) is 12.8 Å². The Bertz CT molecular complexity index is 189. The molecule has 0 spiro atoms. The first-order valence-corrected chi connectivity index (χ1v) is 7.14. The highest BCUT2D eigenvalue weighted by Crippen LogP contribution is 2.12. The summed E-state index contributed by atoms with van der Waals surface area (Å²) in [7, 11) is 0. The van der Waals surface area contributed by atoms with E-state index in [-0.39, 0.29) is 24.5 Å². The van der Waals surface area contributed by atoms with E-state index in [0.717, 1.165) is 38.5 Å². The minimum Gasteiger partial charge on any atom is -0.462 e. The zero-order valence-electron chi connectivity index (χ0n) is 12.0. The molecule has 0 aliphatic rings. The summed E-state index contributed by atoms with van der Waals surface area (Å²) < 4.78 is 5.46. The third-order valence-corrected chi connectivity index (χ3v) is 2.97. The molecule has 1 unspecified atom stereocenters. The third-order valence-electron chi connectivity index (χ3n) is 2.97. The van der Waals surface area contributed by atoms with Crippen LogP contribution in [0.25, 0.3) is 0 Å². The van der Waals surface area contributed by atoms with E-state index in [2.05, 4.69) is 13.8 Å². The predicted octanol–water partition coefficient (Wildman–Crippen LogP) is 3.83. The zero-order chi connectivity index (χ0) is 12.9. The summed E-state index contributed by atoms with van der Waals surface area (Å²) in [6.45, 7) is 4.98. The molecule has 0 saturated heterocycles. The van der Waals surface area contributed by atoms with Crippen molar-refractivity contribution < 1.29 is 9.53 Å². The molecule has 0 fully saturated rings. The molecule has 0 aliphatic heterocycles. The first kappa shape index (κ1) is 20.0. The van der Waals surface area contributed by atoms with Gasteiger partial charge in [-0.2, -0.15) is 0 Å². The lowest BCUT2D eigenvalue weighted by atomic mass is 10.1. The lowest BCUT2D eigenvalue weighted by molar-refractivity contribution is -0.149. The van der Waals surface area contributed by atoms with Gasteiger partial charge in [0.05, 0.1) is 0 Å². The van der Waals surface area contributed by atoms with Crippen LogP contribution >= 0.6 is 12.4 Å². The Balaban J connectivity index is 0. The topological polar surface area (TPSA) is 52.3 Å². The van der Waals surface area contributed by atoms with Crippen LogP contribution in [0.5, 0.6) is 0 Å². The number of hydrogen-bond donors (Lipinski definition) is 1. The second kappa shape index (κ2) is 14.8. The van der Waals surface area contributed by atoms with E-state index in [0.29, 0.717) is 13.0 Å². The van der Waals surface area contributed by atoms with Crippen LogP contribution in [-0.4, -0.2) is 18.6 Å². The van der Waals surface area contributed by atoms with Gasteiger partial charge in [-0.3, -0.25) is 4.79 Å². The van der Waals surface area contributed by atoms with Crippen LogP contribution in [0.4, 0.5) is 0 Å². The maximum Gasteiger partial charge on any atom is 0.306 e. The van der Waals surface area contributed by atoms with Crippen LogP contribution in [-0.2, 0) is 9.53 Å². The molecule has 0 aliphatic carbocycles. The molecular weight excluding hydrogens is 250 g/mol. The molecule has 0 rings (SSSR count). The maximum atomic E-state index is 11.6. The Kier molecular flexibility index (Phi) is 16.5. The van der Waals surface area contributed by atoms with Gasteiger partial charge in [-0.15, -0.1) is 12.4 Å². The number of nitrogens with two attached hydrogens (primary N) is 1. The summed E-state index contributed by atoms with van der Waals surface area (Å²) in [6.07, 6.45) is 9.15. The normalized spacial score (nSPS) is 11.7. The SMILES string of the molecule is CCCCCC(CC)OC(=O)CCCCCN.Cl. The lowest BCUT2D eigenvalue weighted by Gasteiger charge is -2.15. The van der Waals surface area contributed by atoms with E-state index in [4.69, 9.17) is 10.5 Å². The second-order valence-electron chi connectivity index (χ2n) is 4.62. The maximum absolute atomic E-state index is 11.6. The van der Waals surface area contributed by atoms with Crippen molar-refractivity contribution in [1.29, 1.82) is 0 Å². The molecule has 18 heavy (non-hydrogen) atoms. The van der Waals surface area contributed by atoms with E-state index in [9.17, 15) is 4.79 Å². The van der Waals surface area contributed by atoms with Crippen molar-refractivity contribution in [1.82, 2.24) is 0 Å². The summed E-state index contributed by atoms with van der Waals surface area (Å²) in [4.78, 5) is 11.6. The molecule has 0 amide bonds. The fraction of sp³-hybridized carbons (Fsp3) is 0.929. The molecule has 1 atom stereocenters. The Labute approximate surface area is 118 Å². The van der Waals surface area contributed by atoms with E-state index >= 15 is 0 Å². The Hall–Kier alpha value is -0.280. The van der Waals surface area contributed by atoms with Gasteiger partial charge in [0.15, 0.2) is 0 Å². The molecule has 0 bridgehead atoms. The third kappa shape index (κ3) is 12.2. The fourth-order valence-electron chi connectivity index (χ4n) is 1.80. The highest BCUT2D eigenvalue weighted by Gasteiger charge is 2.11. The molecule has 0 saturated carbocycles. The Morgan fingerprint density at radius 1 is 1.11 bits per heavy atom. The van der Waals surface area contributed by atoms with Gasteiger partial charge < -0.3 is 10.5 Å². The number of carbonyl (C=O) groups excluding carboxylic acids is 1. The van der Waals surface area contributed by atoms with Crippen LogP contribution in [0.2, 0.25) is 0 Å². The summed E-state index contributed by atoms with van der Waals surface area (Å²) >= 11 is 0. The van der Waals surface area contributed by atoms with Crippen LogP contribution < -0.4 is 5.73 Å². The Morgan fingerprint density at radius 3 is 2.39 bits per heavy atom. The highest BCUT2D eigenvalue weighted by molar-refractivity contribution is 5.85. The zero-order valence-corrected chi connectivity index (χ0v) is 12.8. The quantitative estimate of drug-likeness (QED) is 0.462. The number of unbranched alkanes of at least 4 members (excludes halogenated alkanes) is 4. The van der Waals surface area contributed by atoms with Crippen LogP contribution in [0.1, 0.15) is 71.6 Å². The van der Waals surface area contributed by atoms with Crippen molar-refractivity contribution in [3.05, 3.63) is 0 Å². The predicted molar refractivity (Wildman–Crippen MR) is 79.1 cm³/mol. The van der Waals surface area contributed by atoms with Crippen LogP contribution in [0, 0.1) is 0 Å². The summed E-state index contributed by atoms with van der Waals surface area (Å²) in [5, 5.41) is 0. The van der Waals surface area contributed by atoms with Gasteiger partial charge in [0.1, 0.15) is 6.10 Å². The van der Waals surface area contributed by atoms with Gasteiger partial charge in [-0.25, -0.2) is 0 Å².